The Morgan fingerprint density at radius 3 is 2.23 bits per heavy atom. The number of imidazole rings is 3. The number of benzene rings is 5. The molecule has 0 saturated heterocycles. The minimum Gasteiger partial charge on any atom is -0.458 e. The van der Waals surface area contributed by atoms with Gasteiger partial charge in [-0.1, -0.05) is 87.5 Å². The molecule has 0 aliphatic heterocycles. The second kappa shape index (κ2) is 10.7. The largest absolute Gasteiger partial charge is 0.458 e. The van der Waals surface area contributed by atoms with E-state index in [4.69, 9.17) is 14.7 Å². The Morgan fingerprint density at radius 2 is 1.42 bits per heavy atom. The van der Waals surface area contributed by atoms with Crippen LogP contribution in [-0.4, -0.2) is 23.5 Å². The van der Waals surface area contributed by atoms with Crippen LogP contribution in [0.3, 0.4) is 0 Å². The van der Waals surface area contributed by atoms with Gasteiger partial charge in [-0.05, 0) is 71.6 Å². The van der Waals surface area contributed by atoms with Crippen LogP contribution in [0.15, 0.2) is 140 Å². The lowest BCUT2D eigenvalue weighted by atomic mass is 9.87. The maximum atomic E-state index is 6.55. The van der Waals surface area contributed by atoms with Crippen LogP contribution in [0.5, 0.6) is 11.5 Å². The summed E-state index contributed by atoms with van der Waals surface area (Å²) >= 11 is 0. The summed E-state index contributed by atoms with van der Waals surface area (Å²) in [5.41, 5.74) is 10.0. The molecule has 0 amide bonds. The first kappa shape index (κ1) is 28.0. The standard InChI is InChI=1S/C41H32N6O/c1-41(2,3)33-23-24-42-39-38(33)46(29-15-8-5-9-16-29)40-43-34-22-21-32(26-37(34)47(39)40)48-31-18-12-17-30(25-31)45-27-44(28-13-6-4-7-14-28)35-19-10-11-20-36(35)45/h4-26H,1-3H3. The highest BCUT2D eigenvalue weighted by Crippen LogP contribution is 2.36. The normalized spacial score (nSPS) is 12.1. The number of aromatic nitrogens is 6. The Balaban J connectivity index is 1.16. The van der Waals surface area contributed by atoms with Crippen LogP contribution < -0.4 is 9.30 Å². The Hall–Kier alpha value is -6.21. The molecule has 0 aliphatic carbocycles. The van der Waals surface area contributed by atoms with Crippen LogP contribution in [0.25, 0.3) is 56.1 Å². The van der Waals surface area contributed by atoms with E-state index in [0.29, 0.717) is 0 Å². The number of fused-ring (bicyclic) bond motifs is 6. The summed E-state index contributed by atoms with van der Waals surface area (Å²) in [6.07, 6.45) is 5.46. The van der Waals surface area contributed by atoms with Crippen molar-refractivity contribution < 1.29 is 9.30 Å². The van der Waals surface area contributed by atoms with Crippen molar-refractivity contribution in [2.75, 3.05) is 0 Å². The van der Waals surface area contributed by atoms with Gasteiger partial charge >= 0.3 is 0 Å². The second-order valence-corrected chi connectivity index (χ2v) is 13.0. The Morgan fingerprint density at radius 1 is 0.688 bits per heavy atom. The zero-order valence-corrected chi connectivity index (χ0v) is 26.9. The van der Waals surface area contributed by atoms with Gasteiger partial charge in [0.15, 0.2) is 5.65 Å². The smallest absolute Gasteiger partial charge is 0.269 e. The SMILES string of the molecule is CC(C)(C)c1ccnc2c1n(-c1ccccc1)c1nc3ccc(Oc4cccc(-n5[c-][n+](-c6ccccc6)c6ccccc65)c4)cc3n21. The highest BCUT2D eigenvalue weighted by Gasteiger charge is 2.25. The summed E-state index contributed by atoms with van der Waals surface area (Å²) in [5, 5.41) is 0. The molecule has 232 valence electrons. The second-order valence-electron chi connectivity index (χ2n) is 13.0. The lowest BCUT2D eigenvalue weighted by Gasteiger charge is -2.21. The van der Waals surface area contributed by atoms with Gasteiger partial charge in [0.2, 0.25) is 5.78 Å². The van der Waals surface area contributed by atoms with Gasteiger partial charge in [0, 0.05) is 18.0 Å². The van der Waals surface area contributed by atoms with E-state index in [0.717, 1.165) is 67.6 Å². The summed E-state index contributed by atoms with van der Waals surface area (Å²) in [6.45, 7) is 6.71. The average molecular weight is 625 g/mol. The molecule has 0 N–H and O–H groups in total. The molecule has 0 saturated carbocycles. The number of hydrogen-bond donors (Lipinski definition) is 0. The number of ether oxygens (including phenoxy) is 1. The summed E-state index contributed by atoms with van der Waals surface area (Å²) in [7, 11) is 0. The Labute approximate surface area is 277 Å². The number of nitrogens with zero attached hydrogens (tertiary/aromatic N) is 6. The van der Waals surface area contributed by atoms with Gasteiger partial charge in [0.05, 0.1) is 39.0 Å². The van der Waals surface area contributed by atoms with Gasteiger partial charge in [-0.3, -0.25) is 18.1 Å². The molecule has 0 spiro atoms. The first-order valence-electron chi connectivity index (χ1n) is 16.1. The summed E-state index contributed by atoms with van der Waals surface area (Å²) in [6, 6.07) is 45.3. The molecule has 0 fully saturated rings. The van der Waals surface area contributed by atoms with Gasteiger partial charge < -0.3 is 4.74 Å². The Kier molecular flexibility index (Phi) is 6.24. The third kappa shape index (κ3) is 4.47. The van der Waals surface area contributed by atoms with Crippen LogP contribution in [0, 0.1) is 6.33 Å². The highest BCUT2D eigenvalue weighted by atomic mass is 16.5. The maximum Gasteiger partial charge on any atom is 0.269 e. The first-order chi connectivity index (χ1) is 23.4. The fraction of sp³-hybridized carbons (Fsp3) is 0.0976. The van der Waals surface area contributed by atoms with Crippen LogP contribution in [-0.2, 0) is 5.41 Å². The van der Waals surface area contributed by atoms with E-state index < -0.39 is 0 Å². The molecule has 9 rings (SSSR count). The van der Waals surface area contributed by atoms with Crippen LogP contribution >= 0.6 is 0 Å². The fourth-order valence-corrected chi connectivity index (χ4v) is 6.66. The molecular formula is C41H32N6O. The van der Waals surface area contributed by atoms with Crippen molar-refractivity contribution in [3.05, 3.63) is 152 Å². The van der Waals surface area contributed by atoms with E-state index >= 15 is 0 Å². The zero-order valence-electron chi connectivity index (χ0n) is 26.9. The van der Waals surface area contributed by atoms with Crippen molar-refractivity contribution in [2.24, 2.45) is 0 Å². The molecule has 4 aromatic heterocycles. The molecule has 0 radical (unpaired) electrons. The quantitative estimate of drug-likeness (QED) is 0.142. The number of para-hydroxylation sites is 4. The molecule has 48 heavy (non-hydrogen) atoms. The van der Waals surface area contributed by atoms with Crippen molar-refractivity contribution in [3.63, 3.8) is 0 Å². The third-order valence-electron chi connectivity index (χ3n) is 8.86. The van der Waals surface area contributed by atoms with Gasteiger partial charge in [-0.15, -0.1) is 0 Å². The van der Waals surface area contributed by atoms with E-state index in [9.17, 15) is 0 Å². The topological polar surface area (TPSA) is 53.2 Å². The molecule has 0 atom stereocenters. The lowest BCUT2D eigenvalue weighted by Crippen LogP contribution is -2.29. The molecule has 0 unspecified atom stereocenters. The minimum atomic E-state index is -0.0952. The van der Waals surface area contributed by atoms with E-state index in [1.807, 2.05) is 60.8 Å². The van der Waals surface area contributed by atoms with Crippen molar-refractivity contribution in [1.29, 1.82) is 0 Å². The molecule has 4 heterocycles. The number of hydrogen-bond acceptors (Lipinski definition) is 3. The van der Waals surface area contributed by atoms with Crippen LogP contribution in [0.2, 0.25) is 0 Å². The number of rotatable bonds is 5. The van der Waals surface area contributed by atoms with Gasteiger partial charge in [-0.25, -0.2) is 9.97 Å². The van der Waals surface area contributed by atoms with Gasteiger partial charge in [0.25, 0.3) is 6.33 Å². The van der Waals surface area contributed by atoms with Crippen molar-refractivity contribution >= 4 is 39.0 Å². The number of pyridine rings is 1. The van der Waals surface area contributed by atoms with Crippen molar-refractivity contribution in [2.45, 2.75) is 26.2 Å². The predicted octanol–water partition coefficient (Wildman–Crippen LogP) is 8.94. The molecule has 5 aromatic carbocycles. The molecule has 7 heteroatoms. The van der Waals surface area contributed by atoms with Crippen LogP contribution in [0.4, 0.5) is 0 Å². The molecule has 0 bridgehead atoms. The Bertz CT molecular complexity index is 2620. The zero-order chi connectivity index (χ0) is 32.4. The lowest BCUT2D eigenvalue weighted by molar-refractivity contribution is -0.572. The molecule has 0 aliphatic rings. The predicted molar refractivity (Wildman–Crippen MR) is 190 cm³/mol. The molecular weight excluding hydrogens is 592 g/mol. The maximum absolute atomic E-state index is 6.55. The fourth-order valence-electron chi connectivity index (χ4n) is 6.66. The van der Waals surface area contributed by atoms with E-state index in [1.54, 1.807) is 0 Å². The highest BCUT2D eigenvalue weighted by molar-refractivity contribution is 5.92. The first-order valence-corrected chi connectivity index (χ1v) is 16.1. The van der Waals surface area contributed by atoms with E-state index in [2.05, 4.69) is 124 Å². The van der Waals surface area contributed by atoms with E-state index in [1.165, 1.54) is 5.56 Å². The average Bonchev–Trinajstić information content (AvgIpc) is 3.78. The van der Waals surface area contributed by atoms with Crippen LogP contribution in [0.1, 0.15) is 26.3 Å². The van der Waals surface area contributed by atoms with Gasteiger partial charge in [0.1, 0.15) is 11.5 Å². The molecule has 9 aromatic rings. The van der Waals surface area contributed by atoms with Gasteiger partial charge in [-0.2, -0.15) is 0 Å². The minimum absolute atomic E-state index is 0.0952. The molecule has 7 nitrogen and oxygen atoms in total. The summed E-state index contributed by atoms with van der Waals surface area (Å²) < 4.78 is 15.1. The van der Waals surface area contributed by atoms with E-state index in [-0.39, 0.29) is 5.41 Å². The van der Waals surface area contributed by atoms with Crippen molar-refractivity contribution in [3.8, 4) is 28.6 Å². The third-order valence-corrected chi connectivity index (χ3v) is 8.86. The monoisotopic (exact) mass is 624 g/mol. The summed E-state index contributed by atoms with van der Waals surface area (Å²) in [5.74, 6) is 2.26. The van der Waals surface area contributed by atoms with Crippen molar-refractivity contribution in [1.82, 2.24) is 23.5 Å². The summed E-state index contributed by atoms with van der Waals surface area (Å²) in [4.78, 5) is 10.0.